The monoisotopic (exact) mass is 1090 g/mol. The number of nitrogens with zero attached hydrogens (tertiary/aromatic N) is 3. The van der Waals surface area contributed by atoms with Gasteiger partial charge in [-0.3, -0.25) is 4.98 Å². The van der Waals surface area contributed by atoms with Crippen molar-refractivity contribution in [2.24, 2.45) is 0 Å². The average Bonchev–Trinajstić information content (AvgIpc) is 1.61. The van der Waals surface area contributed by atoms with Crippen molar-refractivity contribution >= 4 is 87.2 Å². The van der Waals surface area contributed by atoms with E-state index in [0.717, 1.165) is 28.4 Å². The third-order valence-electron chi connectivity index (χ3n) is 19.7. The molecule has 396 valence electrons. The molecule has 4 aliphatic rings. The minimum atomic E-state index is -0.708. The highest BCUT2D eigenvalue weighted by molar-refractivity contribution is 7.26. The second kappa shape index (κ2) is 17.1. The summed E-state index contributed by atoms with van der Waals surface area (Å²) in [4.78, 5) is 10.1. The number of fused-ring (bicyclic) bond motifs is 24. The number of benzene rings is 12. The van der Waals surface area contributed by atoms with Gasteiger partial charge in [0.1, 0.15) is 0 Å². The van der Waals surface area contributed by atoms with E-state index in [9.17, 15) is 0 Å². The zero-order chi connectivity index (χ0) is 55.8. The van der Waals surface area contributed by atoms with Crippen molar-refractivity contribution in [1.82, 2.24) is 4.98 Å². The molecule has 0 bridgehead atoms. The van der Waals surface area contributed by atoms with Crippen LogP contribution < -0.4 is 9.80 Å². The number of para-hydroxylation sites is 2. The third-order valence-corrected chi connectivity index (χ3v) is 20.9. The van der Waals surface area contributed by atoms with Crippen molar-refractivity contribution in [2.45, 2.75) is 43.9 Å². The Bertz CT molecular complexity index is 5120. The number of thiophene rings is 1. The third kappa shape index (κ3) is 6.12. The number of aromatic nitrogens is 1. The van der Waals surface area contributed by atoms with Crippen LogP contribution in [0.25, 0.3) is 86.2 Å². The lowest BCUT2D eigenvalue weighted by atomic mass is 9.69. The number of hydrogen-bond acceptors (Lipinski definition) is 4. The van der Waals surface area contributed by atoms with Gasteiger partial charge in [0.05, 0.1) is 21.5 Å². The first kappa shape index (κ1) is 47.7. The van der Waals surface area contributed by atoms with Gasteiger partial charge in [-0.25, -0.2) is 0 Å². The Morgan fingerprint density at radius 2 is 0.833 bits per heavy atom. The average molecular weight is 1090 g/mol. The summed E-state index contributed by atoms with van der Waals surface area (Å²) < 4.78 is 2.47. The summed E-state index contributed by atoms with van der Waals surface area (Å²) in [6, 6.07) is 94.4. The largest absolute Gasteiger partial charge is 0.309 e. The molecule has 0 fully saturated rings. The molecule has 4 aliphatic carbocycles. The summed E-state index contributed by atoms with van der Waals surface area (Å²) in [7, 11) is 0. The molecule has 1 unspecified atom stereocenters. The smallest absolute Gasteiger partial charge is 0.0734 e. The zero-order valence-corrected chi connectivity index (χ0v) is 47.9. The number of anilines is 6. The second-order valence-electron chi connectivity index (χ2n) is 24.5. The van der Waals surface area contributed by atoms with Crippen molar-refractivity contribution in [3.63, 3.8) is 0 Å². The van der Waals surface area contributed by atoms with Gasteiger partial charge in [0, 0.05) is 72.6 Å². The number of rotatable bonds is 6. The highest BCUT2D eigenvalue weighted by Gasteiger charge is 2.55. The van der Waals surface area contributed by atoms with Crippen LogP contribution in [0.1, 0.15) is 72.2 Å². The van der Waals surface area contributed by atoms with E-state index in [1.54, 1.807) is 0 Å². The molecule has 3 nitrogen and oxygen atoms in total. The van der Waals surface area contributed by atoms with Crippen LogP contribution in [0.3, 0.4) is 0 Å². The molecule has 2 aromatic heterocycles. The molecule has 0 aliphatic heterocycles. The molecule has 1 atom stereocenters. The van der Waals surface area contributed by atoms with Gasteiger partial charge in [-0.15, -0.1) is 11.3 Å². The van der Waals surface area contributed by atoms with E-state index in [4.69, 9.17) is 4.98 Å². The van der Waals surface area contributed by atoms with Crippen molar-refractivity contribution in [3.8, 4) is 44.5 Å². The molecule has 2 heterocycles. The second-order valence-corrected chi connectivity index (χ2v) is 25.5. The van der Waals surface area contributed by atoms with Crippen LogP contribution in [0, 0.1) is 0 Å². The highest BCUT2D eigenvalue weighted by atomic mass is 32.1. The van der Waals surface area contributed by atoms with Crippen LogP contribution in [0.2, 0.25) is 0 Å². The van der Waals surface area contributed by atoms with Gasteiger partial charge in [-0.1, -0.05) is 210 Å². The SMILES string of the molecule is CC1(C)c2ccccc2-c2ccc(N(c3ccccc3)c3cccc4c3sc3cc5c(c(N(c6ccccc6)c6ccc7c(c6)C(C)(C)c6ccccc6-7)c34)-c3c(c4ccccc4c4ccccc34)C53c4ccccc4-c4cnccc43)cc21. The molecule has 84 heavy (non-hydrogen) atoms. The summed E-state index contributed by atoms with van der Waals surface area (Å²) in [5, 5.41) is 7.49. The van der Waals surface area contributed by atoms with E-state index < -0.39 is 5.41 Å². The molecule has 18 rings (SSSR count). The molecule has 1 spiro atoms. The molecule has 12 aromatic carbocycles. The quantitative estimate of drug-likeness (QED) is 0.155. The van der Waals surface area contributed by atoms with Crippen molar-refractivity contribution in [3.05, 3.63) is 306 Å². The van der Waals surface area contributed by atoms with Gasteiger partial charge in [-0.2, -0.15) is 0 Å². The minimum absolute atomic E-state index is 0.172. The van der Waals surface area contributed by atoms with E-state index in [1.807, 2.05) is 17.5 Å². The van der Waals surface area contributed by atoms with Crippen LogP contribution in [-0.2, 0) is 16.2 Å². The van der Waals surface area contributed by atoms with E-state index in [-0.39, 0.29) is 10.8 Å². The van der Waals surface area contributed by atoms with Crippen LogP contribution in [-0.4, -0.2) is 4.98 Å². The Hall–Kier alpha value is -9.87. The van der Waals surface area contributed by atoms with Crippen LogP contribution in [0.5, 0.6) is 0 Å². The van der Waals surface area contributed by atoms with Gasteiger partial charge in [0.2, 0.25) is 0 Å². The van der Waals surface area contributed by atoms with Crippen LogP contribution >= 0.6 is 11.3 Å². The lowest BCUT2D eigenvalue weighted by molar-refractivity contribution is 0.660. The fraction of sp³-hybridized carbons (Fsp3) is 0.0875. The Kier molecular flexibility index (Phi) is 9.72. The normalized spacial score (nSPS) is 15.9. The van der Waals surface area contributed by atoms with Crippen LogP contribution in [0.15, 0.2) is 261 Å². The molecular weight excluding hydrogens is 1030 g/mol. The maximum atomic E-state index is 4.90. The Labute approximate surface area is 493 Å². The molecule has 14 aromatic rings. The topological polar surface area (TPSA) is 19.4 Å². The zero-order valence-electron chi connectivity index (χ0n) is 47.1. The van der Waals surface area contributed by atoms with Crippen molar-refractivity contribution < 1.29 is 0 Å². The lowest BCUT2D eigenvalue weighted by Crippen LogP contribution is -2.26. The van der Waals surface area contributed by atoms with Crippen molar-refractivity contribution in [1.29, 1.82) is 0 Å². The lowest BCUT2D eigenvalue weighted by Gasteiger charge is -2.33. The molecular formula is C80H55N3S. The van der Waals surface area contributed by atoms with E-state index in [0.29, 0.717) is 0 Å². The first-order chi connectivity index (χ1) is 41.2. The van der Waals surface area contributed by atoms with E-state index in [1.165, 1.54) is 136 Å². The fourth-order valence-electron chi connectivity index (χ4n) is 16.1. The summed E-state index contributed by atoms with van der Waals surface area (Å²) in [6.07, 6.45) is 4.14. The molecule has 0 radical (unpaired) electrons. The predicted molar refractivity (Wildman–Crippen MR) is 353 cm³/mol. The summed E-state index contributed by atoms with van der Waals surface area (Å²) in [5.41, 5.74) is 26.5. The van der Waals surface area contributed by atoms with Gasteiger partial charge in [0.15, 0.2) is 0 Å². The molecule has 0 saturated carbocycles. The Morgan fingerprint density at radius 1 is 0.345 bits per heavy atom. The highest BCUT2D eigenvalue weighted by Crippen LogP contribution is 2.69. The summed E-state index contributed by atoms with van der Waals surface area (Å²) >= 11 is 1.93. The van der Waals surface area contributed by atoms with Crippen molar-refractivity contribution in [2.75, 3.05) is 9.80 Å². The van der Waals surface area contributed by atoms with Gasteiger partial charge >= 0.3 is 0 Å². The minimum Gasteiger partial charge on any atom is -0.309 e. The maximum absolute atomic E-state index is 4.90. The molecule has 0 N–H and O–H groups in total. The van der Waals surface area contributed by atoms with Gasteiger partial charge < -0.3 is 9.80 Å². The molecule has 0 amide bonds. The predicted octanol–water partition coefficient (Wildman–Crippen LogP) is 21.7. The first-order valence-corrected chi connectivity index (χ1v) is 30.2. The summed E-state index contributed by atoms with van der Waals surface area (Å²) in [5.74, 6) is 0. The number of hydrogen-bond donors (Lipinski definition) is 0. The standard InChI is InChI=1S/C80H55N3S/c1-78(2)63-34-18-15-28-54(63)57-40-38-50(44-67(57)78)82(48-22-7-5-8-23-48)70-37-21-33-61-72-71(84-77(61)70)46-69-74(76(72)83(49-24-9-6-10-25-49)51-39-41-58-55-29-16-19-35-64(55)79(3,4)68(58)45-51)73-59-31-13-11-26-52(59)53-27-12-14-32-60(53)75(73)80(69)65-36-20-17-30-56(65)62-47-81-43-42-66(62)80/h5-47H,1-4H3. The van der Waals surface area contributed by atoms with Gasteiger partial charge in [0.25, 0.3) is 0 Å². The molecule has 0 saturated heterocycles. The summed E-state index contributed by atoms with van der Waals surface area (Å²) in [6.45, 7) is 9.58. The molecule has 4 heteroatoms. The van der Waals surface area contributed by atoms with Gasteiger partial charge in [-0.05, 0) is 166 Å². The van der Waals surface area contributed by atoms with Crippen LogP contribution in [0.4, 0.5) is 34.1 Å². The Morgan fingerprint density at radius 3 is 1.48 bits per heavy atom. The first-order valence-electron chi connectivity index (χ1n) is 29.4. The maximum Gasteiger partial charge on any atom is 0.0734 e. The fourth-order valence-corrected chi connectivity index (χ4v) is 17.4. The number of pyridine rings is 1. The Balaban J connectivity index is 1.02. The van der Waals surface area contributed by atoms with E-state index in [2.05, 4.69) is 292 Å². The van der Waals surface area contributed by atoms with E-state index >= 15 is 0 Å².